The molecule has 0 spiro atoms. The number of carbonyl (C=O) groups excluding carboxylic acids is 1. The Kier molecular flexibility index (Phi) is 6.05. The molecule has 0 aromatic carbocycles. The van der Waals surface area contributed by atoms with Crippen molar-refractivity contribution in [2.24, 2.45) is 5.92 Å². The van der Waals surface area contributed by atoms with E-state index in [1.165, 1.54) is 38.8 Å². The van der Waals surface area contributed by atoms with Gasteiger partial charge in [-0.15, -0.1) is 0 Å². The second-order valence-electron chi connectivity index (χ2n) is 6.72. The van der Waals surface area contributed by atoms with E-state index in [9.17, 15) is 4.79 Å². The summed E-state index contributed by atoms with van der Waals surface area (Å²) in [7, 11) is 0. The van der Waals surface area contributed by atoms with Crippen LogP contribution in [0.5, 0.6) is 0 Å². The monoisotopic (exact) mass is 517 g/mol. The van der Waals surface area contributed by atoms with Crippen LogP contribution in [0.3, 0.4) is 0 Å². The molecule has 0 radical (unpaired) electrons. The van der Waals surface area contributed by atoms with E-state index >= 15 is 0 Å². The number of hydrogen-bond donors (Lipinski definition) is 0. The first-order chi connectivity index (χ1) is 10.1. The zero-order valence-electron chi connectivity index (χ0n) is 12.5. The van der Waals surface area contributed by atoms with Crippen LogP contribution in [0.2, 0.25) is 0 Å². The maximum absolute atomic E-state index is 12.3. The Morgan fingerprint density at radius 2 is 1.62 bits per heavy atom. The highest BCUT2D eigenvalue weighted by molar-refractivity contribution is 14.1. The first kappa shape index (κ1) is 16.7. The van der Waals surface area contributed by atoms with Crippen LogP contribution < -0.4 is 0 Å². The minimum atomic E-state index is 0.407. The highest BCUT2D eigenvalue weighted by Gasteiger charge is 2.35. The molecule has 120 valence electrons. The van der Waals surface area contributed by atoms with E-state index < -0.39 is 0 Å². The molecule has 0 aromatic rings. The molecule has 6 heteroatoms. The topological polar surface area (TPSA) is 26.8 Å². The lowest BCUT2D eigenvalue weighted by molar-refractivity contribution is -0.134. The zero-order chi connectivity index (χ0) is 14.8. The van der Waals surface area contributed by atoms with Gasteiger partial charge in [-0.05, 0) is 31.6 Å². The summed E-state index contributed by atoms with van der Waals surface area (Å²) in [5.74, 6) is 1.03. The van der Waals surface area contributed by atoms with E-state index in [0.717, 1.165) is 42.6 Å². The van der Waals surface area contributed by atoms with Gasteiger partial charge in [-0.3, -0.25) is 9.69 Å². The number of rotatable bonds is 3. The minimum Gasteiger partial charge on any atom is -0.343 e. The number of hydrogen-bond acceptors (Lipinski definition) is 3. The molecule has 4 nitrogen and oxygen atoms in total. The van der Waals surface area contributed by atoms with Crippen LogP contribution in [0.1, 0.15) is 32.1 Å². The summed E-state index contributed by atoms with van der Waals surface area (Å²) in [5, 5.41) is 0. The average molecular weight is 517 g/mol. The molecule has 3 heterocycles. The van der Waals surface area contributed by atoms with E-state index in [1.54, 1.807) is 0 Å². The Morgan fingerprint density at radius 1 is 1.00 bits per heavy atom. The van der Waals surface area contributed by atoms with Crippen LogP contribution in [0.15, 0.2) is 0 Å². The number of nitrogens with zero attached hydrogens (tertiary/aromatic N) is 3. The summed E-state index contributed by atoms with van der Waals surface area (Å²) in [6, 6.07) is 0.775. The molecule has 0 saturated carbocycles. The molecule has 21 heavy (non-hydrogen) atoms. The normalized spacial score (nSPS) is 27.8. The number of carbonyl (C=O) groups is 1. The van der Waals surface area contributed by atoms with Crippen LogP contribution in [0, 0.1) is 5.92 Å². The predicted octanol–water partition coefficient (Wildman–Crippen LogP) is 2.55. The molecule has 0 bridgehead atoms. The van der Waals surface area contributed by atoms with Crippen molar-refractivity contribution in [2.45, 2.75) is 42.1 Å². The van der Waals surface area contributed by atoms with Gasteiger partial charge < -0.3 is 4.90 Å². The van der Waals surface area contributed by atoms with E-state index in [4.69, 9.17) is 0 Å². The molecule has 0 atom stereocenters. The van der Waals surface area contributed by atoms with Crippen molar-refractivity contribution < 1.29 is 4.79 Å². The first-order valence-corrected chi connectivity index (χ1v) is 10.4. The van der Waals surface area contributed by atoms with E-state index in [0.29, 0.717) is 11.8 Å². The molecular weight excluding hydrogens is 492 g/mol. The maximum Gasteiger partial charge on any atom is 0.222 e. The smallest absolute Gasteiger partial charge is 0.222 e. The van der Waals surface area contributed by atoms with E-state index in [-0.39, 0.29) is 0 Å². The second kappa shape index (κ2) is 7.61. The molecule has 3 saturated heterocycles. The van der Waals surface area contributed by atoms with Gasteiger partial charge in [-0.2, -0.15) is 0 Å². The van der Waals surface area contributed by atoms with Gasteiger partial charge in [0, 0.05) is 78.5 Å². The fraction of sp³-hybridized carbons (Fsp3) is 0.933. The Bertz CT molecular complexity index is 360. The lowest BCUT2D eigenvalue weighted by Crippen LogP contribution is -2.55. The minimum absolute atomic E-state index is 0.407. The molecule has 3 fully saturated rings. The molecule has 0 aliphatic carbocycles. The third-order valence-electron chi connectivity index (χ3n) is 5.15. The SMILES string of the molecule is O=C(CC1CN(C2CCN(I)CC2)C1)N1CCC(I)CC1. The molecule has 3 aliphatic rings. The lowest BCUT2D eigenvalue weighted by Gasteiger charge is -2.47. The van der Waals surface area contributed by atoms with Crippen molar-refractivity contribution in [3.63, 3.8) is 0 Å². The quantitative estimate of drug-likeness (QED) is 0.328. The fourth-order valence-electron chi connectivity index (χ4n) is 3.71. The predicted molar refractivity (Wildman–Crippen MR) is 102 cm³/mol. The number of amides is 1. The number of alkyl halides is 1. The molecule has 0 N–H and O–H groups in total. The van der Waals surface area contributed by atoms with Gasteiger partial charge in [-0.1, -0.05) is 22.6 Å². The van der Waals surface area contributed by atoms with E-state index in [1.807, 2.05) is 0 Å². The van der Waals surface area contributed by atoms with E-state index in [2.05, 4.69) is 58.4 Å². The number of halogens is 2. The molecule has 0 aromatic heterocycles. The Labute approximate surface area is 155 Å². The van der Waals surface area contributed by atoms with Gasteiger partial charge in [-0.25, -0.2) is 3.11 Å². The molecular formula is C15H25I2N3O. The zero-order valence-corrected chi connectivity index (χ0v) is 16.8. The lowest BCUT2D eigenvalue weighted by atomic mass is 9.90. The Balaban J connectivity index is 1.36. The summed E-state index contributed by atoms with van der Waals surface area (Å²) in [6.07, 6.45) is 5.74. The van der Waals surface area contributed by atoms with Gasteiger partial charge >= 0.3 is 0 Å². The first-order valence-electron chi connectivity index (χ1n) is 8.18. The van der Waals surface area contributed by atoms with Crippen LogP contribution in [0.25, 0.3) is 0 Å². The third-order valence-corrected chi connectivity index (χ3v) is 7.36. The average Bonchev–Trinajstić information content (AvgIpc) is 2.44. The van der Waals surface area contributed by atoms with Crippen LogP contribution in [-0.4, -0.2) is 68.1 Å². The number of likely N-dealkylation sites (tertiary alicyclic amines) is 2. The second-order valence-corrected chi connectivity index (χ2v) is 9.85. The maximum atomic E-state index is 12.3. The summed E-state index contributed by atoms with van der Waals surface area (Å²) in [4.78, 5) is 17.0. The third kappa shape index (κ3) is 4.44. The molecule has 1 amide bonds. The van der Waals surface area contributed by atoms with Crippen molar-refractivity contribution >= 4 is 51.4 Å². The van der Waals surface area contributed by atoms with Crippen LogP contribution in [-0.2, 0) is 4.79 Å². The summed E-state index contributed by atoms with van der Waals surface area (Å²) < 4.78 is 3.17. The van der Waals surface area contributed by atoms with Crippen LogP contribution >= 0.6 is 45.5 Å². The fourth-order valence-corrected chi connectivity index (χ4v) is 4.82. The van der Waals surface area contributed by atoms with Crippen molar-refractivity contribution in [1.82, 2.24) is 12.9 Å². The summed E-state index contributed by atoms with van der Waals surface area (Å²) in [5.41, 5.74) is 0. The standard InChI is InChI=1S/C15H25I2N3O/c16-13-1-5-18(6-2-13)15(21)9-12-10-19(11-12)14-3-7-20(17)8-4-14/h12-14H,1-11H2. The highest BCUT2D eigenvalue weighted by Crippen LogP contribution is 2.28. The van der Waals surface area contributed by atoms with Gasteiger partial charge in [0.1, 0.15) is 0 Å². The van der Waals surface area contributed by atoms with Crippen molar-refractivity contribution in [3.8, 4) is 0 Å². The largest absolute Gasteiger partial charge is 0.343 e. The van der Waals surface area contributed by atoms with Crippen molar-refractivity contribution in [2.75, 3.05) is 39.3 Å². The van der Waals surface area contributed by atoms with Gasteiger partial charge in [0.05, 0.1) is 0 Å². The van der Waals surface area contributed by atoms with Crippen LogP contribution in [0.4, 0.5) is 0 Å². The van der Waals surface area contributed by atoms with Gasteiger partial charge in [0.25, 0.3) is 0 Å². The summed E-state index contributed by atoms with van der Waals surface area (Å²) in [6.45, 7) is 6.71. The summed E-state index contributed by atoms with van der Waals surface area (Å²) >= 11 is 4.94. The number of piperidine rings is 2. The van der Waals surface area contributed by atoms with Gasteiger partial charge in [0.2, 0.25) is 5.91 Å². The molecule has 3 rings (SSSR count). The van der Waals surface area contributed by atoms with Crippen molar-refractivity contribution in [1.29, 1.82) is 0 Å². The molecule has 3 aliphatic heterocycles. The van der Waals surface area contributed by atoms with Crippen molar-refractivity contribution in [3.05, 3.63) is 0 Å². The van der Waals surface area contributed by atoms with Gasteiger partial charge in [0.15, 0.2) is 0 Å². The molecule has 0 unspecified atom stereocenters. The highest BCUT2D eigenvalue weighted by atomic mass is 127. The Hall–Kier alpha value is 0.850. The Morgan fingerprint density at radius 3 is 2.24 bits per heavy atom.